The Hall–Kier alpha value is -0.280. The molecule has 0 bridgehead atoms. The van der Waals surface area contributed by atoms with Gasteiger partial charge in [-0.2, -0.15) is 0 Å². The van der Waals surface area contributed by atoms with Crippen molar-refractivity contribution in [3.8, 4) is 0 Å². The third-order valence-corrected chi connectivity index (χ3v) is 3.14. The van der Waals surface area contributed by atoms with Crippen LogP contribution in [-0.2, 0) is 4.79 Å². The van der Waals surface area contributed by atoms with Crippen LogP contribution >= 0.6 is 11.8 Å². The van der Waals surface area contributed by atoms with Gasteiger partial charge in [-0.05, 0) is 25.2 Å². The first kappa shape index (κ1) is 10.8. The largest absolute Gasteiger partial charge is 0.330 e. The average Bonchev–Trinajstić information content (AvgIpc) is 2.16. The molecule has 0 fully saturated rings. The number of rotatable bonds is 4. The van der Waals surface area contributed by atoms with Gasteiger partial charge in [-0.25, -0.2) is 0 Å². The fraction of sp³-hybridized carbons (Fsp3) is 0.700. The molecular formula is C10H17NOS. The summed E-state index contributed by atoms with van der Waals surface area (Å²) in [5, 5.41) is 0.311. The Labute approximate surface area is 84.0 Å². The quantitative estimate of drug-likeness (QED) is 0.704. The van der Waals surface area contributed by atoms with E-state index >= 15 is 0 Å². The summed E-state index contributed by atoms with van der Waals surface area (Å²) in [7, 11) is 0. The molecule has 13 heavy (non-hydrogen) atoms. The van der Waals surface area contributed by atoms with Crippen LogP contribution < -0.4 is 5.73 Å². The molecule has 2 nitrogen and oxygen atoms in total. The summed E-state index contributed by atoms with van der Waals surface area (Å²) in [6, 6.07) is 0. The number of carbonyl (C=O) groups is 1. The highest BCUT2D eigenvalue weighted by atomic mass is 32.2. The van der Waals surface area contributed by atoms with Crippen LogP contribution in [0.1, 0.15) is 25.7 Å². The second kappa shape index (κ2) is 6.22. The molecule has 1 atom stereocenters. The molecule has 1 unspecified atom stereocenters. The van der Waals surface area contributed by atoms with Gasteiger partial charge in [0.15, 0.2) is 5.12 Å². The zero-order valence-corrected chi connectivity index (χ0v) is 8.69. The Bertz CT molecular complexity index is 191. The van der Waals surface area contributed by atoms with E-state index in [0.29, 0.717) is 17.6 Å². The molecule has 1 aliphatic carbocycles. The topological polar surface area (TPSA) is 43.1 Å². The van der Waals surface area contributed by atoms with Crippen molar-refractivity contribution < 1.29 is 4.79 Å². The minimum absolute atomic E-state index is 0.311. The van der Waals surface area contributed by atoms with Crippen LogP contribution in [0.4, 0.5) is 0 Å². The maximum absolute atomic E-state index is 11.4. The van der Waals surface area contributed by atoms with E-state index in [0.717, 1.165) is 25.0 Å². The van der Waals surface area contributed by atoms with Crippen molar-refractivity contribution in [3.63, 3.8) is 0 Å². The highest BCUT2D eigenvalue weighted by Gasteiger charge is 2.14. The number of hydrogen-bond acceptors (Lipinski definition) is 3. The maximum atomic E-state index is 11.4. The minimum Gasteiger partial charge on any atom is -0.330 e. The molecule has 74 valence electrons. The summed E-state index contributed by atoms with van der Waals surface area (Å²) in [5.41, 5.74) is 5.33. The molecule has 0 spiro atoms. The number of thioether (sulfide) groups is 1. The van der Waals surface area contributed by atoms with Gasteiger partial charge in [-0.15, -0.1) is 0 Å². The molecular weight excluding hydrogens is 182 g/mol. The Balaban J connectivity index is 2.15. The lowest BCUT2D eigenvalue weighted by atomic mass is 9.92. The average molecular weight is 199 g/mol. The predicted octanol–water partition coefficient (Wildman–Crippen LogP) is 1.95. The minimum atomic E-state index is 0.311. The van der Waals surface area contributed by atoms with Gasteiger partial charge in [-0.1, -0.05) is 23.9 Å². The van der Waals surface area contributed by atoms with Gasteiger partial charge in [0.05, 0.1) is 0 Å². The van der Waals surface area contributed by atoms with E-state index < -0.39 is 0 Å². The van der Waals surface area contributed by atoms with E-state index in [-0.39, 0.29) is 0 Å². The SMILES string of the molecule is NCCSC(=O)CC1CC=CCC1. The van der Waals surface area contributed by atoms with Crippen LogP contribution in [0.25, 0.3) is 0 Å². The highest BCUT2D eigenvalue weighted by Crippen LogP contribution is 2.23. The molecule has 0 aromatic rings. The lowest BCUT2D eigenvalue weighted by Crippen LogP contribution is -2.10. The van der Waals surface area contributed by atoms with E-state index in [2.05, 4.69) is 12.2 Å². The number of hydrogen-bond donors (Lipinski definition) is 1. The van der Waals surface area contributed by atoms with Gasteiger partial charge in [-0.3, -0.25) is 4.79 Å². The summed E-state index contributed by atoms with van der Waals surface area (Å²) in [6.45, 7) is 0.598. The van der Waals surface area contributed by atoms with Gasteiger partial charge in [0, 0.05) is 18.7 Å². The fourth-order valence-electron chi connectivity index (χ4n) is 1.51. The van der Waals surface area contributed by atoms with E-state index in [1.54, 1.807) is 0 Å². The molecule has 2 N–H and O–H groups in total. The normalized spacial score (nSPS) is 21.8. The van der Waals surface area contributed by atoms with E-state index in [1.165, 1.54) is 18.2 Å². The summed E-state index contributed by atoms with van der Waals surface area (Å²) >= 11 is 1.38. The first-order chi connectivity index (χ1) is 6.33. The first-order valence-corrected chi connectivity index (χ1v) is 5.82. The van der Waals surface area contributed by atoms with Crippen molar-refractivity contribution in [2.45, 2.75) is 25.7 Å². The zero-order valence-electron chi connectivity index (χ0n) is 7.87. The van der Waals surface area contributed by atoms with Gasteiger partial charge < -0.3 is 5.73 Å². The second-order valence-corrected chi connectivity index (χ2v) is 4.52. The van der Waals surface area contributed by atoms with Crippen LogP contribution in [-0.4, -0.2) is 17.4 Å². The van der Waals surface area contributed by atoms with Crippen molar-refractivity contribution in [3.05, 3.63) is 12.2 Å². The Morgan fingerprint density at radius 3 is 3.00 bits per heavy atom. The van der Waals surface area contributed by atoms with Crippen LogP contribution in [0.3, 0.4) is 0 Å². The van der Waals surface area contributed by atoms with Crippen molar-refractivity contribution >= 4 is 16.9 Å². The summed E-state index contributed by atoms with van der Waals surface area (Å²) in [4.78, 5) is 11.4. The number of allylic oxidation sites excluding steroid dienone is 2. The summed E-state index contributed by atoms with van der Waals surface area (Å²) in [6.07, 6.45) is 8.51. The van der Waals surface area contributed by atoms with E-state index in [4.69, 9.17) is 5.73 Å². The molecule has 3 heteroatoms. The molecule has 1 aliphatic rings. The predicted molar refractivity (Wildman–Crippen MR) is 57.6 cm³/mol. The zero-order chi connectivity index (χ0) is 9.52. The third-order valence-electron chi connectivity index (χ3n) is 2.21. The van der Waals surface area contributed by atoms with E-state index in [1.807, 2.05) is 0 Å². The third kappa shape index (κ3) is 4.48. The molecule has 0 radical (unpaired) electrons. The van der Waals surface area contributed by atoms with Crippen molar-refractivity contribution in [1.82, 2.24) is 0 Å². The Kier molecular flexibility index (Phi) is 5.16. The van der Waals surface area contributed by atoms with E-state index in [9.17, 15) is 4.79 Å². The molecule has 0 heterocycles. The summed E-state index contributed by atoms with van der Waals surface area (Å²) in [5.74, 6) is 1.35. The van der Waals surface area contributed by atoms with Crippen LogP contribution in [0.5, 0.6) is 0 Å². The van der Waals surface area contributed by atoms with Crippen LogP contribution in [0, 0.1) is 5.92 Å². The molecule has 0 aliphatic heterocycles. The van der Waals surface area contributed by atoms with Crippen molar-refractivity contribution in [2.24, 2.45) is 11.7 Å². The van der Waals surface area contributed by atoms with Crippen LogP contribution in [0.15, 0.2) is 12.2 Å². The molecule has 0 amide bonds. The first-order valence-electron chi connectivity index (χ1n) is 4.83. The summed E-state index contributed by atoms with van der Waals surface area (Å²) < 4.78 is 0. The Morgan fingerprint density at radius 1 is 1.54 bits per heavy atom. The van der Waals surface area contributed by atoms with Gasteiger partial charge in [0.25, 0.3) is 0 Å². The van der Waals surface area contributed by atoms with Gasteiger partial charge in [0.2, 0.25) is 0 Å². The van der Waals surface area contributed by atoms with Gasteiger partial charge in [0.1, 0.15) is 0 Å². The molecule has 0 aromatic heterocycles. The lowest BCUT2D eigenvalue weighted by Gasteiger charge is -2.15. The molecule has 0 saturated carbocycles. The molecule has 0 aromatic carbocycles. The van der Waals surface area contributed by atoms with Crippen molar-refractivity contribution in [1.29, 1.82) is 0 Å². The number of nitrogens with two attached hydrogens (primary N) is 1. The maximum Gasteiger partial charge on any atom is 0.189 e. The van der Waals surface area contributed by atoms with Crippen molar-refractivity contribution in [2.75, 3.05) is 12.3 Å². The second-order valence-electron chi connectivity index (χ2n) is 3.36. The highest BCUT2D eigenvalue weighted by molar-refractivity contribution is 8.13. The van der Waals surface area contributed by atoms with Gasteiger partial charge >= 0.3 is 0 Å². The standard InChI is InChI=1S/C10H17NOS/c11-6-7-13-10(12)8-9-4-2-1-3-5-9/h1-2,9H,3-8,11H2. The smallest absolute Gasteiger partial charge is 0.189 e. The monoisotopic (exact) mass is 199 g/mol. The molecule has 0 saturated heterocycles. The Morgan fingerprint density at radius 2 is 2.38 bits per heavy atom. The fourth-order valence-corrected chi connectivity index (χ4v) is 2.21. The van der Waals surface area contributed by atoms with Crippen LogP contribution in [0.2, 0.25) is 0 Å². The lowest BCUT2D eigenvalue weighted by molar-refractivity contribution is -0.111. The molecule has 1 rings (SSSR count). The number of carbonyl (C=O) groups excluding carboxylic acids is 1.